The van der Waals surface area contributed by atoms with Gasteiger partial charge < -0.3 is 15.7 Å². The number of aliphatic carboxylic acids is 1. The molecule has 0 unspecified atom stereocenters. The van der Waals surface area contributed by atoms with Gasteiger partial charge in [-0.1, -0.05) is 6.42 Å². The third-order valence-corrected chi connectivity index (χ3v) is 2.31. The summed E-state index contributed by atoms with van der Waals surface area (Å²) in [5.74, 6) is -0.751. The minimum Gasteiger partial charge on any atom is -0.481 e. The number of rotatable bonds is 5. The van der Waals surface area contributed by atoms with Crippen molar-refractivity contribution >= 4 is 12.0 Å². The number of carbonyl (C=O) groups is 2. The quantitative estimate of drug-likeness (QED) is 0.572. The van der Waals surface area contributed by atoms with Gasteiger partial charge in [0, 0.05) is 19.0 Å². The molecule has 1 aliphatic heterocycles. The van der Waals surface area contributed by atoms with Crippen molar-refractivity contribution < 1.29 is 14.7 Å². The van der Waals surface area contributed by atoms with Crippen LogP contribution in [0.5, 0.6) is 0 Å². The lowest BCUT2D eigenvalue weighted by Crippen LogP contribution is -2.49. The van der Waals surface area contributed by atoms with Crippen molar-refractivity contribution in [3.8, 4) is 0 Å². The van der Waals surface area contributed by atoms with E-state index in [1.165, 1.54) is 0 Å². The molecule has 0 spiro atoms. The zero-order chi connectivity index (χ0) is 10.4. The molecule has 1 saturated heterocycles. The Kier molecular flexibility index (Phi) is 4.22. The first-order chi connectivity index (χ1) is 6.68. The van der Waals surface area contributed by atoms with Crippen LogP contribution in [0.3, 0.4) is 0 Å². The fourth-order valence-electron chi connectivity index (χ4n) is 1.55. The number of amides is 2. The molecule has 5 nitrogen and oxygen atoms in total. The van der Waals surface area contributed by atoms with Crippen LogP contribution in [-0.2, 0) is 4.79 Å². The van der Waals surface area contributed by atoms with Gasteiger partial charge in [-0.25, -0.2) is 4.79 Å². The van der Waals surface area contributed by atoms with E-state index in [-0.39, 0.29) is 18.5 Å². The van der Waals surface area contributed by atoms with E-state index in [2.05, 4.69) is 10.6 Å². The first kappa shape index (κ1) is 10.8. The van der Waals surface area contributed by atoms with Crippen LogP contribution >= 0.6 is 0 Å². The van der Waals surface area contributed by atoms with E-state index < -0.39 is 5.97 Å². The average Bonchev–Trinajstić information content (AvgIpc) is 2.12. The minimum absolute atomic E-state index is 0.112. The predicted molar refractivity (Wildman–Crippen MR) is 51.0 cm³/mol. The molecular formula is C9H16N2O3. The highest BCUT2D eigenvalue weighted by Crippen LogP contribution is 2.08. The third-order valence-electron chi connectivity index (χ3n) is 2.31. The number of nitrogens with one attached hydrogen (secondary N) is 2. The van der Waals surface area contributed by atoms with Crippen LogP contribution in [-0.4, -0.2) is 29.7 Å². The van der Waals surface area contributed by atoms with E-state index in [1.807, 2.05) is 0 Å². The van der Waals surface area contributed by atoms with Crippen LogP contribution < -0.4 is 10.6 Å². The third kappa shape index (κ3) is 4.11. The van der Waals surface area contributed by atoms with E-state index >= 15 is 0 Å². The summed E-state index contributed by atoms with van der Waals surface area (Å²) >= 11 is 0. The molecule has 2 amide bonds. The van der Waals surface area contributed by atoms with Gasteiger partial charge in [0.15, 0.2) is 0 Å². The summed E-state index contributed by atoms with van der Waals surface area (Å²) in [5.41, 5.74) is 0. The summed E-state index contributed by atoms with van der Waals surface area (Å²) in [4.78, 5) is 21.1. The summed E-state index contributed by atoms with van der Waals surface area (Å²) in [6, 6.07) is 0.108. The van der Waals surface area contributed by atoms with Crippen molar-refractivity contribution in [1.82, 2.24) is 10.6 Å². The van der Waals surface area contributed by atoms with E-state index in [4.69, 9.17) is 5.11 Å². The molecule has 0 aromatic carbocycles. The maximum Gasteiger partial charge on any atom is 0.315 e. The van der Waals surface area contributed by atoms with Crippen molar-refractivity contribution in [3.05, 3.63) is 0 Å². The zero-order valence-electron chi connectivity index (χ0n) is 8.08. The van der Waals surface area contributed by atoms with Gasteiger partial charge in [0.05, 0.1) is 0 Å². The minimum atomic E-state index is -0.751. The van der Waals surface area contributed by atoms with Gasteiger partial charge in [0.25, 0.3) is 0 Å². The van der Waals surface area contributed by atoms with Crippen molar-refractivity contribution in [1.29, 1.82) is 0 Å². The van der Waals surface area contributed by atoms with Gasteiger partial charge in [-0.3, -0.25) is 4.79 Å². The van der Waals surface area contributed by atoms with Crippen molar-refractivity contribution in [3.63, 3.8) is 0 Å². The average molecular weight is 200 g/mol. The second-order valence-corrected chi connectivity index (χ2v) is 3.53. The fraction of sp³-hybridized carbons (Fsp3) is 0.778. The number of hydrogen-bond acceptors (Lipinski definition) is 2. The van der Waals surface area contributed by atoms with Crippen molar-refractivity contribution in [2.75, 3.05) is 6.54 Å². The summed E-state index contributed by atoms with van der Waals surface area (Å²) in [6.45, 7) is 0.718. The number of carboxylic acid groups (broad SMARTS) is 1. The summed E-state index contributed by atoms with van der Waals surface area (Å²) in [5, 5.41) is 13.9. The molecule has 80 valence electrons. The van der Waals surface area contributed by atoms with Crippen molar-refractivity contribution in [2.45, 2.75) is 38.1 Å². The Balaban J connectivity index is 2.06. The molecule has 0 aliphatic carbocycles. The molecule has 1 atom stereocenters. The maximum absolute atomic E-state index is 10.9. The summed E-state index contributed by atoms with van der Waals surface area (Å²) in [6.07, 6.45) is 3.57. The van der Waals surface area contributed by atoms with Gasteiger partial charge in [0.1, 0.15) is 0 Å². The van der Waals surface area contributed by atoms with Gasteiger partial charge >= 0.3 is 12.0 Å². The molecule has 0 bridgehead atoms. The van der Waals surface area contributed by atoms with E-state index in [0.717, 1.165) is 25.8 Å². The molecule has 0 radical (unpaired) electrons. The second kappa shape index (κ2) is 5.47. The molecular weight excluding hydrogens is 184 g/mol. The standard InChI is InChI=1S/C9H16N2O3/c12-8(13)4-2-1-3-7-5-6-10-9(14)11-7/h7H,1-6H2,(H,12,13)(H2,10,11,14)/t7-/m1/s1. The highest BCUT2D eigenvalue weighted by atomic mass is 16.4. The van der Waals surface area contributed by atoms with Crippen LogP contribution in [0.2, 0.25) is 0 Å². The highest BCUT2D eigenvalue weighted by Gasteiger charge is 2.16. The van der Waals surface area contributed by atoms with Gasteiger partial charge in [-0.2, -0.15) is 0 Å². The number of carbonyl (C=O) groups excluding carboxylic acids is 1. The van der Waals surface area contributed by atoms with Crippen LogP contribution in [0.15, 0.2) is 0 Å². The van der Waals surface area contributed by atoms with E-state index in [0.29, 0.717) is 6.42 Å². The Morgan fingerprint density at radius 2 is 2.29 bits per heavy atom. The molecule has 1 aliphatic rings. The zero-order valence-corrected chi connectivity index (χ0v) is 8.08. The topological polar surface area (TPSA) is 78.4 Å². The van der Waals surface area contributed by atoms with Crippen LogP contribution in [0.4, 0.5) is 4.79 Å². The Morgan fingerprint density at radius 1 is 1.50 bits per heavy atom. The van der Waals surface area contributed by atoms with Gasteiger partial charge in [-0.05, 0) is 19.3 Å². The lowest BCUT2D eigenvalue weighted by molar-refractivity contribution is -0.137. The number of urea groups is 1. The first-order valence-electron chi connectivity index (χ1n) is 4.94. The Bertz CT molecular complexity index is 218. The number of unbranched alkanes of at least 4 members (excludes halogenated alkanes) is 1. The Morgan fingerprint density at radius 3 is 2.93 bits per heavy atom. The molecule has 1 heterocycles. The lowest BCUT2D eigenvalue weighted by Gasteiger charge is -2.23. The molecule has 5 heteroatoms. The largest absolute Gasteiger partial charge is 0.481 e. The lowest BCUT2D eigenvalue weighted by atomic mass is 10.0. The van der Waals surface area contributed by atoms with Gasteiger partial charge in [0.2, 0.25) is 0 Å². The molecule has 1 fully saturated rings. The monoisotopic (exact) mass is 200 g/mol. The maximum atomic E-state index is 10.9. The predicted octanol–water partition coefficient (Wildman–Crippen LogP) is 0.703. The smallest absolute Gasteiger partial charge is 0.315 e. The Hall–Kier alpha value is -1.26. The molecule has 0 aromatic rings. The molecule has 0 saturated carbocycles. The summed E-state index contributed by atoms with van der Waals surface area (Å²) < 4.78 is 0. The second-order valence-electron chi connectivity index (χ2n) is 3.53. The SMILES string of the molecule is O=C(O)CCCC[C@@H]1CCNC(=O)N1. The van der Waals surface area contributed by atoms with E-state index in [1.54, 1.807) is 0 Å². The first-order valence-corrected chi connectivity index (χ1v) is 4.94. The van der Waals surface area contributed by atoms with Crippen molar-refractivity contribution in [2.24, 2.45) is 0 Å². The van der Waals surface area contributed by atoms with Crippen LogP contribution in [0, 0.1) is 0 Å². The summed E-state index contributed by atoms with van der Waals surface area (Å²) in [7, 11) is 0. The molecule has 1 rings (SSSR count). The van der Waals surface area contributed by atoms with Gasteiger partial charge in [-0.15, -0.1) is 0 Å². The number of carboxylic acids is 1. The Labute approximate surface area is 82.9 Å². The highest BCUT2D eigenvalue weighted by molar-refractivity contribution is 5.74. The fourth-order valence-corrected chi connectivity index (χ4v) is 1.55. The normalized spacial score (nSPS) is 21.1. The molecule has 0 aromatic heterocycles. The molecule has 14 heavy (non-hydrogen) atoms. The van der Waals surface area contributed by atoms with Crippen LogP contribution in [0.25, 0.3) is 0 Å². The number of hydrogen-bond donors (Lipinski definition) is 3. The van der Waals surface area contributed by atoms with E-state index in [9.17, 15) is 9.59 Å². The molecule has 3 N–H and O–H groups in total. The van der Waals surface area contributed by atoms with Crippen LogP contribution in [0.1, 0.15) is 32.1 Å².